The van der Waals surface area contributed by atoms with Gasteiger partial charge in [-0.05, 0) is 37.7 Å². The Morgan fingerprint density at radius 3 is 2.82 bits per heavy atom. The molecule has 7 heteroatoms. The molecule has 5 rings (SSSR count). The summed E-state index contributed by atoms with van der Waals surface area (Å²) in [6, 6.07) is 11.0. The van der Waals surface area contributed by atoms with Gasteiger partial charge in [0.15, 0.2) is 0 Å². The summed E-state index contributed by atoms with van der Waals surface area (Å²) in [7, 11) is 0. The third-order valence-corrected chi connectivity index (χ3v) is 6.95. The first-order chi connectivity index (χ1) is 13.7. The zero-order chi connectivity index (χ0) is 19.1. The van der Waals surface area contributed by atoms with E-state index in [1.54, 1.807) is 0 Å². The van der Waals surface area contributed by atoms with Crippen LogP contribution in [0.5, 0.6) is 0 Å². The topological polar surface area (TPSA) is 74.9 Å². The van der Waals surface area contributed by atoms with Gasteiger partial charge in [0.05, 0.1) is 18.8 Å². The number of fused-ring (bicyclic) bond motifs is 2. The van der Waals surface area contributed by atoms with E-state index in [1.165, 1.54) is 5.56 Å². The van der Waals surface area contributed by atoms with Crippen LogP contribution in [0.1, 0.15) is 37.8 Å². The fourth-order valence-corrected chi connectivity index (χ4v) is 5.28. The second kappa shape index (κ2) is 7.63. The molecule has 3 saturated heterocycles. The van der Waals surface area contributed by atoms with Gasteiger partial charge in [0.25, 0.3) is 0 Å². The summed E-state index contributed by atoms with van der Waals surface area (Å²) in [6.07, 6.45) is 3.18. The molecule has 1 aromatic carbocycles. The molecule has 0 bridgehead atoms. The zero-order valence-corrected chi connectivity index (χ0v) is 16.3. The molecule has 3 aliphatic heterocycles. The van der Waals surface area contributed by atoms with Crippen LogP contribution in [0.15, 0.2) is 30.3 Å². The maximum atomic E-state index is 12.8. The first kappa shape index (κ1) is 18.4. The van der Waals surface area contributed by atoms with E-state index in [-0.39, 0.29) is 30.4 Å². The molecule has 4 aliphatic rings. The predicted octanol–water partition coefficient (Wildman–Crippen LogP) is 1.78. The molecule has 28 heavy (non-hydrogen) atoms. The third kappa shape index (κ3) is 3.41. The largest absolute Gasteiger partial charge is 0.379 e. The summed E-state index contributed by atoms with van der Waals surface area (Å²) in [6.45, 7) is 4.41. The van der Waals surface area contributed by atoms with Crippen molar-refractivity contribution in [3.05, 3.63) is 35.9 Å². The fraction of sp³-hybridized carbons (Fsp3) is 0.667. The Labute approximate surface area is 166 Å². The SMILES string of the molecule is C[C@H](c1ccccc1)N1CC2CC3C(CC2NC1=O)NNC3OC1CCOC1. The minimum absolute atomic E-state index is 0.0234. The monoisotopic (exact) mass is 386 g/mol. The van der Waals surface area contributed by atoms with Gasteiger partial charge in [-0.3, -0.25) is 5.43 Å². The van der Waals surface area contributed by atoms with Gasteiger partial charge in [-0.15, -0.1) is 0 Å². The van der Waals surface area contributed by atoms with E-state index in [4.69, 9.17) is 9.47 Å². The van der Waals surface area contributed by atoms with Crippen molar-refractivity contribution in [3.63, 3.8) is 0 Å². The summed E-state index contributed by atoms with van der Waals surface area (Å²) in [5, 5.41) is 3.28. The number of benzene rings is 1. The smallest absolute Gasteiger partial charge is 0.318 e. The lowest BCUT2D eigenvalue weighted by Gasteiger charge is -2.47. The first-order valence-electron chi connectivity index (χ1n) is 10.6. The van der Waals surface area contributed by atoms with Crippen LogP contribution in [0, 0.1) is 11.8 Å². The maximum Gasteiger partial charge on any atom is 0.318 e. The number of hydrogen-bond donors (Lipinski definition) is 3. The Hall–Kier alpha value is -1.67. The van der Waals surface area contributed by atoms with Crippen LogP contribution >= 0.6 is 0 Å². The second-order valence-electron chi connectivity index (χ2n) is 8.63. The number of hydrazine groups is 1. The molecule has 0 aromatic heterocycles. The molecule has 1 aromatic rings. The lowest BCUT2D eigenvalue weighted by Crippen LogP contribution is -2.61. The standard InChI is InChI=1S/C21H30N4O3/c1-13(14-5-3-2-4-6-14)25-11-15-9-17-19(10-18(15)22-21(25)26)23-24-20(17)28-16-7-8-27-12-16/h2-6,13,15-20,23-24H,7-12H2,1H3,(H,22,26)/t13-,15?,16?,17?,18?,19?,20?/m1/s1. The molecule has 0 radical (unpaired) electrons. The van der Waals surface area contributed by atoms with Crippen LogP contribution in [0.4, 0.5) is 4.79 Å². The lowest BCUT2D eigenvalue weighted by molar-refractivity contribution is -0.0586. The van der Waals surface area contributed by atoms with Gasteiger partial charge in [-0.25, -0.2) is 10.2 Å². The number of amides is 2. The Bertz CT molecular complexity index is 696. The van der Waals surface area contributed by atoms with E-state index < -0.39 is 0 Å². The Morgan fingerprint density at radius 1 is 1.18 bits per heavy atom. The minimum atomic E-state index is 0.0234. The Balaban J connectivity index is 1.27. The van der Waals surface area contributed by atoms with Crippen molar-refractivity contribution in [2.45, 2.75) is 56.6 Å². The number of nitrogens with one attached hydrogen (secondary N) is 3. The quantitative estimate of drug-likeness (QED) is 0.736. The van der Waals surface area contributed by atoms with Gasteiger partial charge < -0.3 is 19.7 Å². The van der Waals surface area contributed by atoms with Gasteiger partial charge in [-0.2, -0.15) is 0 Å². The summed E-state index contributed by atoms with van der Waals surface area (Å²) >= 11 is 0. The Morgan fingerprint density at radius 2 is 2.04 bits per heavy atom. The van der Waals surface area contributed by atoms with Crippen LogP contribution in [0.3, 0.4) is 0 Å². The van der Waals surface area contributed by atoms with E-state index in [9.17, 15) is 4.79 Å². The highest BCUT2D eigenvalue weighted by molar-refractivity contribution is 5.76. The summed E-state index contributed by atoms with van der Waals surface area (Å²) < 4.78 is 11.7. The van der Waals surface area contributed by atoms with Crippen LogP contribution in [-0.2, 0) is 9.47 Å². The average Bonchev–Trinajstić information content (AvgIpc) is 3.37. The number of hydrogen-bond acceptors (Lipinski definition) is 5. The van der Waals surface area contributed by atoms with E-state index in [0.717, 1.165) is 32.4 Å². The van der Waals surface area contributed by atoms with Gasteiger partial charge >= 0.3 is 6.03 Å². The number of rotatable bonds is 4. The molecule has 0 spiro atoms. The molecule has 3 heterocycles. The number of ether oxygens (including phenoxy) is 2. The molecule has 4 fully saturated rings. The lowest BCUT2D eigenvalue weighted by atomic mass is 9.74. The molecule has 7 atom stereocenters. The Kier molecular flexibility index (Phi) is 5.00. The average molecular weight is 386 g/mol. The molecule has 6 unspecified atom stereocenters. The molecule has 1 aliphatic carbocycles. The zero-order valence-electron chi connectivity index (χ0n) is 16.3. The minimum Gasteiger partial charge on any atom is -0.379 e. The molecule has 7 nitrogen and oxygen atoms in total. The molecule has 2 amide bonds. The van der Waals surface area contributed by atoms with Gasteiger partial charge in [-0.1, -0.05) is 30.3 Å². The van der Waals surface area contributed by atoms with Crippen molar-refractivity contribution in [1.29, 1.82) is 0 Å². The van der Waals surface area contributed by atoms with E-state index in [2.05, 4.69) is 35.2 Å². The summed E-state index contributed by atoms with van der Waals surface area (Å²) in [4.78, 5) is 14.8. The number of nitrogens with zero attached hydrogens (tertiary/aromatic N) is 1. The van der Waals surface area contributed by atoms with Crippen molar-refractivity contribution in [1.82, 2.24) is 21.1 Å². The summed E-state index contributed by atoms with van der Waals surface area (Å²) in [5.41, 5.74) is 7.94. The van der Waals surface area contributed by atoms with E-state index in [1.807, 2.05) is 23.1 Å². The highest BCUT2D eigenvalue weighted by Gasteiger charge is 2.48. The highest BCUT2D eigenvalue weighted by Crippen LogP contribution is 2.38. The third-order valence-electron chi connectivity index (χ3n) is 6.95. The van der Waals surface area contributed by atoms with Crippen LogP contribution in [-0.4, -0.2) is 55.1 Å². The molecule has 3 N–H and O–H groups in total. The van der Waals surface area contributed by atoms with Crippen molar-refractivity contribution in [2.24, 2.45) is 11.8 Å². The fourth-order valence-electron chi connectivity index (χ4n) is 5.28. The van der Waals surface area contributed by atoms with E-state index >= 15 is 0 Å². The molecular weight excluding hydrogens is 356 g/mol. The maximum absolute atomic E-state index is 12.8. The molecular formula is C21H30N4O3. The van der Waals surface area contributed by atoms with Crippen LogP contribution < -0.4 is 16.2 Å². The van der Waals surface area contributed by atoms with E-state index in [0.29, 0.717) is 24.5 Å². The van der Waals surface area contributed by atoms with Crippen molar-refractivity contribution < 1.29 is 14.3 Å². The molecule has 1 saturated carbocycles. The second-order valence-corrected chi connectivity index (χ2v) is 8.63. The van der Waals surface area contributed by atoms with Crippen molar-refractivity contribution in [3.8, 4) is 0 Å². The predicted molar refractivity (Wildman–Crippen MR) is 104 cm³/mol. The van der Waals surface area contributed by atoms with Crippen molar-refractivity contribution >= 4 is 6.03 Å². The highest BCUT2D eigenvalue weighted by atomic mass is 16.6. The first-order valence-corrected chi connectivity index (χ1v) is 10.6. The summed E-state index contributed by atoms with van der Waals surface area (Å²) in [5.74, 6) is 0.864. The number of carbonyl (C=O) groups excluding carboxylic acids is 1. The van der Waals surface area contributed by atoms with Gasteiger partial charge in [0.1, 0.15) is 6.23 Å². The van der Waals surface area contributed by atoms with Crippen molar-refractivity contribution in [2.75, 3.05) is 19.8 Å². The molecule has 152 valence electrons. The van der Waals surface area contributed by atoms with Gasteiger partial charge in [0, 0.05) is 31.2 Å². The van der Waals surface area contributed by atoms with Crippen LogP contribution in [0.25, 0.3) is 0 Å². The van der Waals surface area contributed by atoms with Crippen LogP contribution in [0.2, 0.25) is 0 Å². The normalized spacial score (nSPS) is 38.6. The van der Waals surface area contributed by atoms with Gasteiger partial charge in [0.2, 0.25) is 0 Å². The number of urea groups is 1. The number of carbonyl (C=O) groups is 1.